The molecule has 0 fully saturated rings. The first-order valence-corrected chi connectivity index (χ1v) is 13.4. The van der Waals surface area contributed by atoms with Gasteiger partial charge in [-0.15, -0.1) is 0 Å². The van der Waals surface area contributed by atoms with Crippen molar-refractivity contribution in [1.82, 2.24) is 0 Å². The number of primary sulfonamides is 1. The molecular weight excluding hydrogens is 556 g/mol. The van der Waals surface area contributed by atoms with Crippen molar-refractivity contribution in [3.8, 4) is 16.9 Å². The summed E-state index contributed by atoms with van der Waals surface area (Å²) in [6, 6.07) is 27.0. The largest absolute Gasteiger partial charge is 0.476 e. The van der Waals surface area contributed by atoms with Crippen molar-refractivity contribution < 1.29 is 17.9 Å². The first kappa shape index (κ1) is 26.1. The van der Waals surface area contributed by atoms with Gasteiger partial charge in [0.05, 0.1) is 4.90 Å². The molecule has 6 N–H and O–H groups in total. The molecule has 1 amide bonds. The van der Waals surface area contributed by atoms with Crippen LogP contribution in [0.1, 0.15) is 17.2 Å². The molecule has 1 atom stereocenters. The quantitative estimate of drug-likeness (QED) is 0.175. The highest BCUT2D eigenvalue weighted by Crippen LogP contribution is 2.29. The zero-order valence-electron chi connectivity index (χ0n) is 19.4. The summed E-state index contributed by atoms with van der Waals surface area (Å²) in [5, 5.41) is 15.9. The van der Waals surface area contributed by atoms with E-state index in [-0.39, 0.29) is 10.7 Å². The SMILES string of the molecule is N=C(N)c1cccc(OC(C(=O)Nc2ccc(-c3ccccc3S(N)(=O)=O)cc2)c2ccc(Br)cc2)c1. The summed E-state index contributed by atoms with van der Waals surface area (Å²) < 4.78 is 30.8. The number of hydrogen-bond donors (Lipinski definition) is 4. The van der Waals surface area contributed by atoms with Crippen LogP contribution in [0.4, 0.5) is 5.69 Å². The number of rotatable bonds is 8. The Morgan fingerprint density at radius 3 is 2.24 bits per heavy atom. The first-order chi connectivity index (χ1) is 17.6. The molecule has 0 aliphatic heterocycles. The minimum Gasteiger partial charge on any atom is -0.476 e. The van der Waals surface area contributed by atoms with Crippen molar-refractivity contribution in [2.24, 2.45) is 10.9 Å². The number of benzene rings is 4. The van der Waals surface area contributed by atoms with E-state index >= 15 is 0 Å². The predicted octanol–water partition coefficient (Wildman–Crippen LogP) is 4.81. The van der Waals surface area contributed by atoms with Crippen molar-refractivity contribution in [1.29, 1.82) is 5.41 Å². The fourth-order valence-electron chi connectivity index (χ4n) is 3.68. The standard InChI is InChI=1S/C27H23BrN4O4S/c28-20-12-8-18(9-13-20)25(36-22-5-3-4-19(16-22)26(29)30)27(33)32-21-14-10-17(11-15-21)23-6-1-2-7-24(23)37(31,34)35/h1-16,25H,(H3,29,30)(H,32,33)(H2,31,34,35). The Morgan fingerprint density at radius 2 is 1.59 bits per heavy atom. The van der Waals surface area contributed by atoms with E-state index in [0.717, 1.165) is 4.47 Å². The first-order valence-electron chi connectivity index (χ1n) is 11.0. The summed E-state index contributed by atoms with van der Waals surface area (Å²) in [6.45, 7) is 0. The van der Waals surface area contributed by atoms with Crippen LogP contribution in [-0.2, 0) is 14.8 Å². The Bertz CT molecular complexity index is 1560. The summed E-state index contributed by atoms with van der Waals surface area (Å²) >= 11 is 3.40. The molecule has 0 aliphatic carbocycles. The minimum atomic E-state index is -3.90. The smallest absolute Gasteiger partial charge is 0.270 e. The maximum Gasteiger partial charge on any atom is 0.270 e. The highest BCUT2D eigenvalue weighted by atomic mass is 79.9. The Labute approximate surface area is 223 Å². The van der Waals surface area contributed by atoms with Gasteiger partial charge in [0.2, 0.25) is 16.1 Å². The van der Waals surface area contributed by atoms with Crippen LogP contribution < -0.4 is 20.9 Å². The molecule has 0 aliphatic rings. The third-order valence-corrected chi connectivity index (χ3v) is 6.96. The van der Waals surface area contributed by atoms with Gasteiger partial charge in [0.15, 0.2) is 0 Å². The van der Waals surface area contributed by atoms with E-state index in [1.54, 1.807) is 78.9 Å². The van der Waals surface area contributed by atoms with Gasteiger partial charge in [-0.05, 0) is 48.0 Å². The van der Waals surface area contributed by atoms with E-state index in [9.17, 15) is 13.2 Å². The Morgan fingerprint density at radius 1 is 0.919 bits per heavy atom. The van der Waals surface area contributed by atoms with Crippen LogP contribution in [0.5, 0.6) is 5.75 Å². The van der Waals surface area contributed by atoms with Gasteiger partial charge in [0, 0.05) is 26.9 Å². The topological polar surface area (TPSA) is 148 Å². The number of anilines is 1. The maximum atomic E-state index is 13.4. The van der Waals surface area contributed by atoms with Gasteiger partial charge in [-0.3, -0.25) is 10.2 Å². The monoisotopic (exact) mass is 578 g/mol. The lowest BCUT2D eigenvalue weighted by Gasteiger charge is -2.20. The van der Waals surface area contributed by atoms with Crippen molar-refractivity contribution in [3.05, 3.63) is 113 Å². The molecule has 0 spiro atoms. The Kier molecular flexibility index (Phi) is 7.72. The second kappa shape index (κ2) is 11.0. The third-order valence-electron chi connectivity index (χ3n) is 5.47. The second-order valence-corrected chi connectivity index (χ2v) is 10.5. The number of ether oxygens (including phenoxy) is 1. The number of carbonyl (C=O) groups is 1. The van der Waals surface area contributed by atoms with E-state index in [1.807, 2.05) is 12.1 Å². The van der Waals surface area contributed by atoms with Gasteiger partial charge < -0.3 is 15.8 Å². The second-order valence-electron chi connectivity index (χ2n) is 8.10. The predicted molar refractivity (Wildman–Crippen MR) is 147 cm³/mol. The fourth-order valence-corrected chi connectivity index (χ4v) is 4.70. The highest BCUT2D eigenvalue weighted by molar-refractivity contribution is 9.10. The minimum absolute atomic E-state index is 0.0169. The van der Waals surface area contributed by atoms with Crippen molar-refractivity contribution in [2.75, 3.05) is 5.32 Å². The van der Waals surface area contributed by atoms with Crippen LogP contribution in [-0.4, -0.2) is 20.2 Å². The van der Waals surface area contributed by atoms with Crippen molar-refractivity contribution in [2.45, 2.75) is 11.0 Å². The molecule has 0 radical (unpaired) electrons. The molecule has 188 valence electrons. The molecule has 0 heterocycles. The molecule has 0 saturated carbocycles. The van der Waals surface area contributed by atoms with Crippen molar-refractivity contribution >= 4 is 43.4 Å². The molecule has 0 bridgehead atoms. The number of hydrogen-bond acceptors (Lipinski definition) is 5. The van der Waals surface area contributed by atoms with Crippen molar-refractivity contribution in [3.63, 3.8) is 0 Å². The fraction of sp³-hybridized carbons (Fsp3) is 0.0370. The van der Waals surface area contributed by atoms with E-state index in [1.165, 1.54) is 6.07 Å². The third kappa shape index (κ3) is 6.42. The summed E-state index contributed by atoms with van der Waals surface area (Å²) in [4.78, 5) is 13.4. The highest BCUT2D eigenvalue weighted by Gasteiger charge is 2.24. The van der Waals surface area contributed by atoms with E-state index < -0.39 is 22.0 Å². The molecule has 0 aromatic heterocycles. The molecule has 4 rings (SSSR count). The summed E-state index contributed by atoms with van der Waals surface area (Å²) in [7, 11) is -3.90. The molecular formula is C27H23BrN4O4S. The van der Waals surface area contributed by atoms with Gasteiger partial charge in [-0.2, -0.15) is 0 Å². The average Bonchev–Trinajstić information content (AvgIpc) is 2.88. The summed E-state index contributed by atoms with van der Waals surface area (Å²) in [5.41, 5.74) is 8.27. The van der Waals surface area contributed by atoms with Crippen LogP contribution >= 0.6 is 15.9 Å². The van der Waals surface area contributed by atoms with Gasteiger partial charge in [0.1, 0.15) is 11.6 Å². The van der Waals surface area contributed by atoms with Gasteiger partial charge in [-0.25, -0.2) is 13.6 Å². The molecule has 0 saturated heterocycles. The molecule has 4 aromatic carbocycles. The molecule has 10 heteroatoms. The van der Waals surface area contributed by atoms with Crippen LogP contribution in [0, 0.1) is 5.41 Å². The Hall–Kier alpha value is -3.99. The molecule has 1 unspecified atom stereocenters. The number of nitrogens with one attached hydrogen (secondary N) is 2. The zero-order chi connectivity index (χ0) is 26.6. The lowest BCUT2D eigenvalue weighted by molar-refractivity contribution is -0.123. The lowest BCUT2D eigenvalue weighted by atomic mass is 10.0. The number of carbonyl (C=O) groups excluding carboxylic acids is 1. The normalized spacial score (nSPS) is 11.9. The van der Waals surface area contributed by atoms with E-state index in [4.69, 9.17) is 21.0 Å². The van der Waals surface area contributed by atoms with E-state index in [2.05, 4.69) is 21.2 Å². The van der Waals surface area contributed by atoms with Crippen LogP contribution in [0.25, 0.3) is 11.1 Å². The maximum absolute atomic E-state index is 13.4. The van der Waals surface area contributed by atoms with E-state index in [0.29, 0.717) is 33.7 Å². The Balaban J connectivity index is 1.60. The summed E-state index contributed by atoms with van der Waals surface area (Å²) in [6.07, 6.45) is -1.00. The molecule has 37 heavy (non-hydrogen) atoms. The lowest BCUT2D eigenvalue weighted by Crippen LogP contribution is -2.26. The number of sulfonamides is 1. The number of amides is 1. The zero-order valence-corrected chi connectivity index (χ0v) is 21.8. The number of amidine groups is 1. The van der Waals surface area contributed by atoms with Gasteiger partial charge >= 0.3 is 0 Å². The molecule has 8 nitrogen and oxygen atoms in total. The van der Waals surface area contributed by atoms with Crippen LogP contribution in [0.15, 0.2) is 106 Å². The van der Waals surface area contributed by atoms with Crippen LogP contribution in [0.2, 0.25) is 0 Å². The summed E-state index contributed by atoms with van der Waals surface area (Å²) in [5.74, 6) is -0.154. The van der Waals surface area contributed by atoms with Gasteiger partial charge in [0.25, 0.3) is 5.91 Å². The molecule has 4 aromatic rings. The number of halogens is 1. The average molecular weight is 579 g/mol. The number of nitrogens with two attached hydrogens (primary N) is 2. The van der Waals surface area contributed by atoms with Gasteiger partial charge in [-0.1, -0.05) is 70.5 Å². The number of nitrogen functional groups attached to an aromatic ring is 1. The van der Waals surface area contributed by atoms with Crippen LogP contribution in [0.3, 0.4) is 0 Å².